The van der Waals surface area contributed by atoms with Crippen molar-refractivity contribution in [2.45, 2.75) is 51.4 Å². The summed E-state index contributed by atoms with van der Waals surface area (Å²) < 4.78 is 17.2. The summed E-state index contributed by atoms with van der Waals surface area (Å²) in [5.74, 6) is 0.191. The average Bonchev–Trinajstić information content (AvgIpc) is 2.36. The second-order valence-electron chi connectivity index (χ2n) is 4.98. The van der Waals surface area contributed by atoms with E-state index >= 15 is 0 Å². The Morgan fingerprint density at radius 3 is 2.94 bits per heavy atom. The quantitative estimate of drug-likeness (QED) is 0.669. The highest BCUT2D eigenvalue weighted by Crippen LogP contribution is 2.37. The number of amides is 1. The molecule has 3 heterocycles. The van der Waals surface area contributed by atoms with Crippen LogP contribution in [0.3, 0.4) is 0 Å². The standard InChI is InChI=1S/C12H19NO4/c1-3-15-10-5-4-8-9(16-10)6-13-11(14)7(2)12(13)17-8/h7-10,12H,3-6H2,1-2H3/t7-,8-,9+,10-,12-/m0/s1. The van der Waals surface area contributed by atoms with Gasteiger partial charge < -0.3 is 19.1 Å². The van der Waals surface area contributed by atoms with E-state index in [9.17, 15) is 4.79 Å². The lowest BCUT2D eigenvalue weighted by molar-refractivity contribution is -0.297. The zero-order valence-corrected chi connectivity index (χ0v) is 10.3. The van der Waals surface area contributed by atoms with Crippen LogP contribution in [0.15, 0.2) is 0 Å². The molecule has 0 bridgehead atoms. The molecule has 3 rings (SSSR count). The molecular weight excluding hydrogens is 222 g/mol. The molecule has 0 unspecified atom stereocenters. The van der Waals surface area contributed by atoms with Crippen LogP contribution in [0.1, 0.15) is 26.7 Å². The number of nitrogens with zero attached hydrogens (tertiary/aromatic N) is 1. The summed E-state index contributed by atoms with van der Waals surface area (Å²) in [5.41, 5.74) is 0. The Morgan fingerprint density at radius 2 is 2.18 bits per heavy atom. The van der Waals surface area contributed by atoms with Crippen molar-refractivity contribution in [3.8, 4) is 0 Å². The SMILES string of the molecule is CCO[C@@H]1CC[C@@H]2O[C@H]3[C@@H](C)C(=O)N3C[C@H]2O1. The monoisotopic (exact) mass is 241 g/mol. The third-order valence-corrected chi connectivity index (χ3v) is 3.88. The lowest BCUT2D eigenvalue weighted by Crippen LogP contribution is -2.69. The van der Waals surface area contributed by atoms with Gasteiger partial charge in [-0.1, -0.05) is 0 Å². The first-order chi connectivity index (χ1) is 8.20. The maximum Gasteiger partial charge on any atom is 0.232 e. The summed E-state index contributed by atoms with van der Waals surface area (Å²) in [6.07, 6.45) is 1.80. The highest BCUT2D eigenvalue weighted by molar-refractivity contribution is 5.85. The lowest BCUT2D eigenvalue weighted by Gasteiger charge is -2.54. The molecule has 3 aliphatic rings. The van der Waals surface area contributed by atoms with Crippen molar-refractivity contribution in [3.05, 3.63) is 0 Å². The second-order valence-corrected chi connectivity index (χ2v) is 4.98. The Morgan fingerprint density at radius 1 is 1.35 bits per heavy atom. The van der Waals surface area contributed by atoms with Crippen LogP contribution in [0.5, 0.6) is 0 Å². The van der Waals surface area contributed by atoms with E-state index < -0.39 is 0 Å². The van der Waals surface area contributed by atoms with E-state index in [1.165, 1.54) is 0 Å². The fourth-order valence-corrected chi connectivity index (χ4v) is 2.92. The number of fused-ring (bicyclic) bond motifs is 2. The van der Waals surface area contributed by atoms with Gasteiger partial charge in [-0.15, -0.1) is 0 Å². The molecule has 0 radical (unpaired) electrons. The summed E-state index contributed by atoms with van der Waals surface area (Å²) in [6, 6.07) is 0. The molecular formula is C12H19NO4. The number of carbonyl (C=O) groups is 1. The zero-order chi connectivity index (χ0) is 12.0. The Bertz CT molecular complexity index is 322. The number of hydrogen-bond acceptors (Lipinski definition) is 4. The van der Waals surface area contributed by atoms with Gasteiger partial charge in [0.2, 0.25) is 5.91 Å². The fraction of sp³-hybridized carbons (Fsp3) is 0.917. The van der Waals surface area contributed by atoms with Crippen molar-refractivity contribution in [2.75, 3.05) is 13.2 Å². The molecule has 5 heteroatoms. The summed E-state index contributed by atoms with van der Waals surface area (Å²) in [6.45, 7) is 5.20. The molecule has 17 heavy (non-hydrogen) atoms. The average molecular weight is 241 g/mol. The fourth-order valence-electron chi connectivity index (χ4n) is 2.92. The van der Waals surface area contributed by atoms with Crippen molar-refractivity contribution in [3.63, 3.8) is 0 Å². The normalized spacial score (nSPS) is 44.9. The Labute approximate surface area is 101 Å². The third-order valence-electron chi connectivity index (χ3n) is 3.88. The van der Waals surface area contributed by atoms with Crippen LogP contribution < -0.4 is 0 Å². The van der Waals surface area contributed by atoms with E-state index in [2.05, 4.69) is 0 Å². The molecule has 3 aliphatic heterocycles. The van der Waals surface area contributed by atoms with Crippen LogP contribution in [-0.2, 0) is 19.0 Å². The molecule has 5 atom stereocenters. The van der Waals surface area contributed by atoms with Crippen molar-refractivity contribution in [1.29, 1.82) is 0 Å². The van der Waals surface area contributed by atoms with E-state index in [1.54, 1.807) is 4.90 Å². The van der Waals surface area contributed by atoms with Gasteiger partial charge in [0, 0.05) is 13.0 Å². The summed E-state index contributed by atoms with van der Waals surface area (Å²) in [5, 5.41) is 0. The Kier molecular flexibility index (Phi) is 2.84. The zero-order valence-electron chi connectivity index (χ0n) is 10.3. The van der Waals surface area contributed by atoms with Crippen molar-refractivity contribution in [1.82, 2.24) is 4.90 Å². The predicted octanol–water partition coefficient (Wildman–Crippen LogP) is 0.731. The summed E-state index contributed by atoms with van der Waals surface area (Å²) in [4.78, 5) is 13.4. The smallest absolute Gasteiger partial charge is 0.232 e. The van der Waals surface area contributed by atoms with E-state index in [4.69, 9.17) is 14.2 Å². The topological polar surface area (TPSA) is 48.0 Å². The number of ether oxygens (including phenoxy) is 3. The largest absolute Gasteiger partial charge is 0.353 e. The van der Waals surface area contributed by atoms with Gasteiger partial charge in [-0.2, -0.15) is 0 Å². The number of rotatable bonds is 2. The van der Waals surface area contributed by atoms with E-state index in [1.807, 2.05) is 13.8 Å². The van der Waals surface area contributed by atoms with Crippen LogP contribution in [0.25, 0.3) is 0 Å². The van der Waals surface area contributed by atoms with Crippen molar-refractivity contribution < 1.29 is 19.0 Å². The Balaban J connectivity index is 1.63. The highest BCUT2D eigenvalue weighted by atomic mass is 16.7. The van der Waals surface area contributed by atoms with E-state index in [0.717, 1.165) is 12.8 Å². The van der Waals surface area contributed by atoms with E-state index in [0.29, 0.717) is 13.2 Å². The van der Waals surface area contributed by atoms with E-state index in [-0.39, 0.29) is 36.6 Å². The molecule has 0 spiro atoms. The summed E-state index contributed by atoms with van der Waals surface area (Å²) in [7, 11) is 0. The second kappa shape index (κ2) is 4.23. The van der Waals surface area contributed by atoms with Gasteiger partial charge >= 0.3 is 0 Å². The van der Waals surface area contributed by atoms with Gasteiger partial charge in [-0.3, -0.25) is 4.79 Å². The molecule has 3 fully saturated rings. The van der Waals surface area contributed by atoms with Gasteiger partial charge in [0.1, 0.15) is 12.3 Å². The molecule has 0 N–H and O–H groups in total. The van der Waals surface area contributed by atoms with Crippen LogP contribution >= 0.6 is 0 Å². The van der Waals surface area contributed by atoms with Gasteiger partial charge in [0.05, 0.1) is 18.6 Å². The predicted molar refractivity (Wildman–Crippen MR) is 59.1 cm³/mol. The van der Waals surface area contributed by atoms with Crippen LogP contribution in [0.2, 0.25) is 0 Å². The third kappa shape index (κ3) is 1.77. The number of hydrogen-bond donors (Lipinski definition) is 0. The first-order valence-electron chi connectivity index (χ1n) is 6.43. The minimum Gasteiger partial charge on any atom is -0.353 e. The molecule has 3 saturated heterocycles. The van der Waals surface area contributed by atoms with Gasteiger partial charge in [-0.25, -0.2) is 0 Å². The maximum atomic E-state index is 11.6. The van der Waals surface area contributed by atoms with Crippen molar-refractivity contribution >= 4 is 5.91 Å². The molecule has 0 saturated carbocycles. The molecule has 1 amide bonds. The van der Waals surface area contributed by atoms with Crippen LogP contribution in [-0.4, -0.2) is 48.7 Å². The molecule has 5 nitrogen and oxygen atoms in total. The number of β-lactam (4-membered cyclic amide) rings is 1. The van der Waals surface area contributed by atoms with Gasteiger partial charge in [0.15, 0.2) is 6.29 Å². The minimum atomic E-state index is -0.129. The first kappa shape index (κ1) is 11.4. The number of carbonyl (C=O) groups excluding carboxylic acids is 1. The highest BCUT2D eigenvalue weighted by Gasteiger charge is 2.53. The molecule has 96 valence electrons. The maximum absolute atomic E-state index is 11.6. The first-order valence-corrected chi connectivity index (χ1v) is 6.43. The lowest BCUT2D eigenvalue weighted by atomic mass is 9.92. The van der Waals surface area contributed by atoms with Crippen LogP contribution in [0, 0.1) is 5.92 Å². The molecule has 0 aromatic carbocycles. The van der Waals surface area contributed by atoms with Crippen LogP contribution in [0.4, 0.5) is 0 Å². The van der Waals surface area contributed by atoms with Gasteiger partial charge in [0.25, 0.3) is 0 Å². The summed E-state index contributed by atoms with van der Waals surface area (Å²) >= 11 is 0. The molecule has 0 aliphatic carbocycles. The van der Waals surface area contributed by atoms with Gasteiger partial charge in [-0.05, 0) is 20.3 Å². The Hall–Kier alpha value is -0.650. The molecule has 0 aromatic heterocycles. The minimum absolute atomic E-state index is 0.0144. The molecule has 0 aromatic rings. The van der Waals surface area contributed by atoms with Crippen molar-refractivity contribution in [2.24, 2.45) is 5.92 Å².